The maximum atomic E-state index is 5.18. The van der Waals surface area contributed by atoms with Gasteiger partial charge in [-0.25, -0.2) is 4.98 Å². The van der Waals surface area contributed by atoms with Gasteiger partial charge in [0.05, 0.1) is 18.8 Å². The van der Waals surface area contributed by atoms with Crippen molar-refractivity contribution in [3.05, 3.63) is 35.8 Å². The number of methoxy groups -OCH3 is 1. The number of imidazole rings is 1. The highest BCUT2D eigenvalue weighted by Crippen LogP contribution is 2.27. The predicted octanol–water partition coefficient (Wildman–Crippen LogP) is 2.82. The van der Waals surface area contributed by atoms with Crippen molar-refractivity contribution < 1.29 is 4.74 Å². The van der Waals surface area contributed by atoms with Crippen molar-refractivity contribution in [1.82, 2.24) is 15.3 Å². The minimum Gasteiger partial charge on any atom is -0.497 e. The van der Waals surface area contributed by atoms with E-state index in [4.69, 9.17) is 9.72 Å². The normalized spacial score (nSPS) is 18.7. The Balaban J connectivity index is 1.90. The second-order valence-corrected chi connectivity index (χ2v) is 4.97. The lowest BCUT2D eigenvalue weighted by Crippen LogP contribution is -2.14. The Hall–Kier alpha value is -1.81. The zero-order valence-corrected chi connectivity index (χ0v) is 11.4. The summed E-state index contributed by atoms with van der Waals surface area (Å²) in [5.74, 6) is 1.93. The van der Waals surface area contributed by atoms with Crippen LogP contribution in [0.15, 0.2) is 24.3 Å². The Labute approximate surface area is 113 Å². The lowest BCUT2D eigenvalue weighted by molar-refractivity contribution is 0.415. The van der Waals surface area contributed by atoms with E-state index in [0.717, 1.165) is 41.5 Å². The smallest absolute Gasteiger partial charge is 0.124 e. The molecule has 1 aliphatic heterocycles. The van der Waals surface area contributed by atoms with Gasteiger partial charge in [0.15, 0.2) is 0 Å². The van der Waals surface area contributed by atoms with E-state index in [0.29, 0.717) is 6.04 Å². The fraction of sp³-hybridized carbons (Fsp3) is 0.400. The molecule has 1 saturated heterocycles. The number of nitrogens with one attached hydrogen (secondary N) is 2. The second-order valence-electron chi connectivity index (χ2n) is 4.97. The van der Waals surface area contributed by atoms with Crippen LogP contribution in [0.1, 0.15) is 30.4 Å². The molecule has 19 heavy (non-hydrogen) atoms. The summed E-state index contributed by atoms with van der Waals surface area (Å²) in [5, 5.41) is 3.47. The second kappa shape index (κ2) is 5.05. The van der Waals surface area contributed by atoms with Crippen LogP contribution in [0.4, 0.5) is 0 Å². The van der Waals surface area contributed by atoms with Crippen molar-refractivity contribution in [3.63, 3.8) is 0 Å². The van der Waals surface area contributed by atoms with Crippen molar-refractivity contribution in [2.45, 2.75) is 25.8 Å². The number of H-pyrrole nitrogens is 1. The van der Waals surface area contributed by atoms with Crippen molar-refractivity contribution in [2.75, 3.05) is 13.7 Å². The number of aromatic nitrogens is 2. The molecule has 1 aliphatic rings. The molecule has 2 N–H and O–H groups in total. The van der Waals surface area contributed by atoms with Crippen LogP contribution in [-0.4, -0.2) is 23.6 Å². The van der Waals surface area contributed by atoms with E-state index in [9.17, 15) is 0 Å². The molecule has 1 unspecified atom stereocenters. The zero-order chi connectivity index (χ0) is 13.2. The molecule has 1 aromatic carbocycles. The Morgan fingerprint density at radius 1 is 1.26 bits per heavy atom. The molecule has 1 atom stereocenters. The highest BCUT2D eigenvalue weighted by atomic mass is 16.5. The molecule has 0 radical (unpaired) electrons. The summed E-state index contributed by atoms with van der Waals surface area (Å²) in [7, 11) is 1.68. The number of hydrogen-bond donors (Lipinski definition) is 2. The molecule has 0 saturated carbocycles. The Morgan fingerprint density at radius 3 is 2.68 bits per heavy atom. The molecule has 4 heteroatoms. The maximum absolute atomic E-state index is 5.18. The summed E-state index contributed by atoms with van der Waals surface area (Å²) in [6.45, 7) is 3.16. The van der Waals surface area contributed by atoms with Gasteiger partial charge in [-0.3, -0.25) is 0 Å². The van der Waals surface area contributed by atoms with Gasteiger partial charge < -0.3 is 15.0 Å². The average molecular weight is 257 g/mol. The molecule has 0 spiro atoms. The topological polar surface area (TPSA) is 49.9 Å². The first kappa shape index (κ1) is 12.2. The van der Waals surface area contributed by atoms with Crippen LogP contribution in [0.2, 0.25) is 0 Å². The minimum atomic E-state index is 0.380. The molecule has 2 heterocycles. The van der Waals surface area contributed by atoms with Gasteiger partial charge in [-0.2, -0.15) is 0 Å². The van der Waals surface area contributed by atoms with E-state index in [-0.39, 0.29) is 0 Å². The van der Waals surface area contributed by atoms with Crippen molar-refractivity contribution in [1.29, 1.82) is 0 Å². The molecule has 0 amide bonds. The molecule has 0 bridgehead atoms. The number of hydrogen-bond acceptors (Lipinski definition) is 3. The monoisotopic (exact) mass is 257 g/mol. The van der Waals surface area contributed by atoms with Gasteiger partial charge in [0.1, 0.15) is 11.6 Å². The van der Waals surface area contributed by atoms with Crippen LogP contribution >= 0.6 is 0 Å². The molecule has 2 aromatic rings. The third-order valence-corrected chi connectivity index (χ3v) is 3.66. The molecule has 1 aromatic heterocycles. The number of nitrogens with zero attached hydrogens (tertiary/aromatic N) is 1. The van der Waals surface area contributed by atoms with Gasteiger partial charge in [0.25, 0.3) is 0 Å². The number of rotatable bonds is 3. The largest absolute Gasteiger partial charge is 0.497 e. The fourth-order valence-corrected chi connectivity index (χ4v) is 2.60. The van der Waals surface area contributed by atoms with Crippen LogP contribution < -0.4 is 10.1 Å². The number of ether oxygens (including phenoxy) is 1. The van der Waals surface area contributed by atoms with Gasteiger partial charge in [0, 0.05) is 11.3 Å². The summed E-state index contributed by atoms with van der Waals surface area (Å²) in [6.07, 6.45) is 2.39. The van der Waals surface area contributed by atoms with E-state index in [1.807, 2.05) is 24.3 Å². The Morgan fingerprint density at radius 2 is 2.05 bits per heavy atom. The zero-order valence-electron chi connectivity index (χ0n) is 11.4. The number of aromatic amines is 1. The SMILES string of the molecule is COc1ccc(-c2nc(C3CCCN3)[nH]c2C)cc1. The molecule has 3 rings (SSSR count). The van der Waals surface area contributed by atoms with Gasteiger partial charge in [-0.05, 0) is 50.6 Å². The summed E-state index contributed by atoms with van der Waals surface area (Å²) in [6, 6.07) is 8.42. The van der Waals surface area contributed by atoms with E-state index in [1.165, 1.54) is 6.42 Å². The quantitative estimate of drug-likeness (QED) is 0.889. The Kier molecular flexibility index (Phi) is 3.25. The molecular formula is C15H19N3O. The lowest BCUT2D eigenvalue weighted by atomic mass is 10.1. The molecule has 4 nitrogen and oxygen atoms in total. The number of benzene rings is 1. The van der Waals surface area contributed by atoms with E-state index in [1.54, 1.807) is 7.11 Å². The molecular weight excluding hydrogens is 238 g/mol. The summed E-state index contributed by atoms with van der Waals surface area (Å²) >= 11 is 0. The highest BCUT2D eigenvalue weighted by molar-refractivity contribution is 5.62. The Bertz CT molecular complexity index is 553. The standard InChI is InChI=1S/C15H19N3O/c1-10-14(11-5-7-12(19-2)8-6-11)18-15(17-10)13-4-3-9-16-13/h5-8,13,16H,3-4,9H2,1-2H3,(H,17,18). The van der Waals surface area contributed by atoms with Crippen molar-refractivity contribution in [3.8, 4) is 17.0 Å². The average Bonchev–Trinajstić information content (AvgIpc) is 3.08. The maximum Gasteiger partial charge on any atom is 0.124 e. The van der Waals surface area contributed by atoms with Gasteiger partial charge in [0.2, 0.25) is 0 Å². The van der Waals surface area contributed by atoms with Crippen molar-refractivity contribution in [2.24, 2.45) is 0 Å². The van der Waals surface area contributed by atoms with Gasteiger partial charge in [-0.1, -0.05) is 0 Å². The fourth-order valence-electron chi connectivity index (χ4n) is 2.60. The molecule has 100 valence electrons. The number of aryl methyl sites for hydroxylation is 1. The predicted molar refractivity (Wildman–Crippen MR) is 75.3 cm³/mol. The van der Waals surface area contributed by atoms with Crippen LogP contribution in [0.5, 0.6) is 5.75 Å². The lowest BCUT2D eigenvalue weighted by Gasteiger charge is -2.05. The third kappa shape index (κ3) is 2.36. The van der Waals surface area contributed by atoms with Crippen molar-refractivity contribution >= 4 is 0 Å². The van der Waals surface area contributed by atoms with Crippen LogP contribution in [-0.2, 0) is 0 Å². The summed E-state index contributed by atoms with van der Waals surface area (Å²) in [4.78, 5) is 8.17. The first-order valence-corrected chi connectivity index (χ1v) is 6.72. The van der Waals surface area contributed by atoms with E-state index < -0.39 is 0 Å². The van der Waals surface area contributed by atoms with Gasteiger partial charge in [-0.15, -0.1) is 0 Å². The summed E-state index contributed by atoms with van der Waals surface area (Å²) in [5.41, 5.74) is 3.28. The van der Waals surface area contributed by atoms with Gasteiger partial charge >= 0.3 is 0 Å². The first-order valence-electron chi connectivity index (χ1n) is 6.72. The minimum absolute atomic E-state index is 0.380. The summed E-state index contributed by atoms with van der Waals surface area (Å²) < 4.78 is 5.18. The van der Waals surface area contributed by atoms with Crippen LogP contribution in [0.25, 0.3) is 11.3 Å². The third-order valence-electron chi connectivity index (χ3n) is 3.66. The first-order chi connectivity index (χ1) is 9.28. The molecule has 1 fully saturated rings. The van der Waals surface area contributed by atoms with E-state index >= 15 is 0 Å². The highest BCUT2D eigenvalue weighted by Gasteiger charge is 2.20. The van der Waals surface area contributed by atoms with Crippen LogP contribution in [0.3, 0.4) is 0 Å². The van der Waals surface area contributed by atoms with Crippen LogP contribution in [0, 0.1) is 6.92 Å². The molecule has 0 aliphatic carbocycles. The van der Waals surface area contributed by atoms with E-state index in [2.05, 4.69) is 17.2 Å².